The van der Waals surface area contributed by atoms with Crippen molar-refractivity contribution < 1.29 is 4.74 Å². The van der Waals surface area contributed by atoms with Crippen LogP contribution >= 0.6 is 0 Å². The van der Waals surface area contributed by atoms with Gasteiger partial charge in [-0.05, 0) is 13.0 Å². The summed E-state index contributed by atoms with van der Waals surface area (Å²) in [6.45, 7) is 1.95. The molecule has 10 heavy (non-hydrogen) atoms. The molecule has 0 aromatic rings. The molecule has 0 unspecified atom stereocenters. The van der Waals surface area contributed by atoms with E-state index >= 15 is 0 Å². The lowest BCUT2D eigenvalue weighted by Crippen LogP contribution is -1.86. The van der Waals surface area contributed by atoms with Gasteiger partial charge in [0.05, 0.1) is 13.3 Å². The van der Waals surface area contributed by atoms with E-state index in [9.17, 15) is 0 Å². The van der Waals surface area contributed by atoms with Gasteiger partial charge in [0, 0.05) is 7.05 Å². The number of rotatable bonds is 3. The van der Waals surface area contributed by atoms with Crippen molar-refractivity contribution in [1.82, 2.24) is 0 Å². The van der Waals surface area contributed by atoms with E-state index in [0.29, 0.717) is 0 Å². The minimum Gasteiger partial charge on any atom is -0.495 e. The van der Waals surface area contributed by atoms with Crippen LogP contribution in [0.2, 0.25) is 0 Å². The van der Waals surface area contributed by atoms with Crippen molar-refractivity contribution in [2.45, 2.75) is 6.92 Å². The molecule has 0 bridgehead atoms. The summed E-state index contributed by atoms with van der Waals surface area (Å²) in [5.74, 6) is 0.764. The Bertz CT molecular complexity index is 157. The maximum atomic E-state index is 4.95. The molecular weight excluding hydrogens is 126 g/mol. The van der Waals surface area contributed by atoms with E-state index in [1.165, 1.54) is 0 Å². The molecule has 0 spiro atoms. The third kappa shape index (κ3) is 3.89. The van der Waals surface area contributed by atoms with Crippen LogP contribution < -0.4 is 0 Å². The van der Waals surface area contributed by atoms with Crippen LogP contribution in [0.4, 0.5) is 0 Å². The van der Waals surface area contributed by atoms with E-state index in [-0.39, 0.29) is 0 Å². The highest BCUT2D eigenvalue weighted by Crippen LogP contribution is 1.90. The number of aliphatic imine (C=N–C) groups is 1. The van der Waals surface area contributed by atoms with Gasteiger partial charge in [-0.2, -0.15) is 0 Å². The quantitative estimate of drug-likeness (QED) is 0.332. The second-order valence-electron chi connectivity index (χ2n) is 1.69. The first-order chi connectivity index (χ1) is 4.85. The van der Waals surface area contributed by atoms with Crippen molar-refractivity contribution in [3.05, 3.63) is 24.0 Å². The van der Waals surface area contributed by atoms with E-state index < -0.39 is 0 Å². The molecule has 2 heteroatoms. The molecule has 0 amide bonds. The highest BCUT2D eigenvalue weighted by molar-refractivity contribution is 5.76. The smallest absolute Gasteiger partial charge is 0.136 e. The Hall–Kier alpha value is -1.05. The highest BCUT2D eigenvalue weighted by Gasteiger charge is 1.83. The summed E-state index contributed by atoms with van der Waals surface area (Å²) in [6.07, 6.45) is 7.36. The number of methoxy groups -OCH3 is 1. The van der Waals surface area contributed by atoms with Crippen molar-refractivity contribution in [3.8, 4) is 0 Å². The van der Waals surface area contributed by atoms with Gasteiger partial charge in [0.1, 0.15) is 5.76 Å². The standard InChI is InChI=1S/C8H13NO/c1-4-5-6-8(10-3)7-9-2/h4-7H,1-3H3/b5-4+,8-6+,9-7?. The number of allylic oxidation sites excluding steroid dienone is 4. The topological polar surface area (TPSA) is 21.6 Å². The van der Waals surface area contributed by atoms with Gasteiger partial charge in [0.25, 0.3) is 0 Å². The van der Waals surface area contributed by atoms with Crippen LogP contribution in [-0.2, 0) is 4.74 Å². The largest absolute Gasteiger partial charge is 0.495 e. The summed E-state index contributed by atoms with van der Waals surface area (Å²) in [6, 6.07) is 0. The average molecular weight is 139 g/mol. The Labute approximate surface area is 61.9 Å². The SMILES string of the molecule is C/C=C/C=C(\C=NC)OC. The molecular formula is C8H13NO. The molecule has 0 saturated carbocycles. The van der Waals surface area contributed by atoms with Crippen molar-refractivity contribution in [1.29, 1.82) is 0 Å². The summed E-state index contributed by atoms with van der Waals surface area (Å²) in [5, 5.41) is 0. The predicted octanol–water partition coefficient (Wildman–Crippen LogP) is 1.79. The van der Waals surface area contributed by atoms with Crippen LogP contribution in [-0.4, -0.2) is 20.4 Å². The molecule has 0 aliphatic heterocycles. The zero-order valence-electron chi connectivity index (χ0n) is 6.66. The fraction of sp³-hybridized carbons (Fsp3) is 0.375. The van der Waals surface area contributed by atoms with Gasteiger partial charge in [-0.15, -0.1) is 0 Å². The van der Waals surface area contributed by atoms with E-state index in [4.69, 9.17) is 4.74 Å². The zero-order chi connectivity index (χ0) is 7.82. The Morgan fingerprint density at radius 1 is 1.50 bits per heavy atom. The molecule has 0 aromatic carbocycles. The van der Waals surface area contributed by atoms with Crippen LogP contribution in [0.3, 0.4) is 0 Å². The second-order valence-corrected chi connectivity index (χ2v) is 1.69. The van der Waals surface area contributed by atoms with Crippen LogP contribution in [0.5, 0.6) is 0 Å². The van der Waals surface area contributed by atoms with Crippen molar-refractivity contribution in [2.75, 3.05) is 14.2 Å². The fourth-order valence-electron chi connectivity index (χ4n) is 0.482. The number of hydrogen-bond donors (Lipinski definition) is 0. The molecule has 0 atom stereocenters. The van der Waals surface area contributed by atoms with Gasteiger partial charge in [-0.3, -0.25) is 4.99 Å². The van der Waals surface area contributed by atoms with Crippen LogP contribution in [0.25, 0.3) is 0 Å². The highest BCUT2D eigenvalue weighted by atomic mass is 16.5. The summed E-state index contributed by atoms with van der Waals surface area (Å²) in [7, 11) is 3.33. The maximum absolute atomic E-state index is 4.95. The van der Waals surface area contributed by atoms with E-state index in [2.05, 4.69) is 4.99 Å². The molecule has 0 saturated heterocycles. The fourth-order valence-corrected chi connectivity index (χ4v) is 0.482. The third-order valence-electron chi connectivity index (χ3n) is 0.945. The number of hydrogen-bond acceptors (Lipinski definition) is 2. The van der Waals surface area contributed by atoms with Crippen LogP contribution in [0, 0.1) is 0 Å². The molecule has 0 fully saturated rings. The average Bonchev–Trinajstić information content (AvgIpc) is 1.98. The minimum absolute atomic E-state index is 0.764. The molecule has 2 nitrogen and oxygen atoms in total. The molecule has 0 heterocycles. The minimum atomic E-state index is 0.764. The van der Waals surface area contributed by atoms with Gasteiger partial charge in [0.15, 0.2) is 0 Å². The molecule has 0 N–H and O–H groups in total. The summed E-state index contributed by atoms with van der Waals surface area (Å²) in [5.41, 5.74) is 0. The van der Waals surface area contributed by atoms with Crippen molar-refractivity contribution >= 4 is 6.21 Å². The second kappa shape index (κ2) is 6.08. The van der Waals surface area contributed by atoms with E-state index in [0.717, 1.165) is 5.76 Å². The molecule has 0 radical (unpaired) electrons. The molecule has 0 aromatic heterocycles. The lowest BCUT2D eigenvalue weighted by molar-refractivity contribution is 0.317. The van der Waals surface area contributed by atoms with Gasteiger partial charge in [-0.25, -0.2) is 0 Å². The summed E-state index contributed by atoms with van der Waals surface area (Å²) < 4.78 is 4.95. The van der Waals surface area contributed by atoms with E-state index in [1.54, 1.807) is 20.4 Å². The van der Waals surface area contributed by atoms with Crippen molar-refractivity contribution in [2.24, 2.45) is 4.99 Å². The maximum Gasteiger partial charge on any atom is 0.136 e. The molecule has 0 rings (SSSR count). The lowest BCUT2D eigenvalue weighted by atomic mass is 10.4. The summed E-state index contributed by atoms with van der Waals surface area (Å²) in [4.78, 5) is 3.81. The Morgan fingerprint density at radius 3 is 2.60 bits per heavy atom. The van der Waals surface area contributed by atoms with Gasteiger partial charge >= 0.3 is 0 Å². The number of ether oxygens (including phenoxy) is 1. The first-order valence-corrected chi connectivity index (χ1v) is 3.14. The van der Waals surface area contributed by atoms with Crippen LogP contribution in [0.15, 0.2) is 29.0 Å². The first-order valence-electron chi connectivity index (χ1n) is 3.14. The predicted molar refractivity (Wildman–Crippen MR) is 44.3 cm³/mol. The third-order valence-corrected chi connectivity index (χ3v) is 0.945. The van der Waals surface area contributed by atoms with Gasteiger partial charge < -0.3 is 4.74 Å². The Morgan fingerprint density at radius 2 is 2.20 bits per heavy atom. The van der Waals surface area contributed by atoms with E-state index in [1.807, 2.05) is 25.2 Å². The monoisotopic (exact) mass is 139 g/mol. The molecule has 56 valence electrons. The van der Waals surface area contributed by atoms with Gasteiger partial charge in [-0.1, -0.05) is 12.2 Å². The summed E-state index contributed by atoms with van der Waals surface area (Å²) >= 11 is 0. The van der Waals surface area contributed by atoms with Crippen molar-refractivity contribution in [3.63, 3.8) is 0 Å². The molecule has 0 aliphatic carbocycles. The van der Waals surface area contributed by atoms with Crippen LogP contribution in [0.1, 0.15) is 6.92 Å². The molecule has 0 aliphatic rings. The van der Waals surface area contributed by atoms with Gasteiger partial charge in [0.2, 0.25) is 0 Å². The Kier molecular flexibility index (Phi) is 5.44. The lowest BCUT2D eigenvalue weighted by Gasteiger charge is -1.94. The Balaban J connectivity index is 4.04. The zero-order valence-corrected chi connectivity index (χ0v) is 6.66. The normalized spacial score (nSPS) is 13.3. The number of nitrogens with zero attached hydrogens (tertiary/aromatic N) is 1. The first kappa shape index (κ1) is 8.95.